The standard InChI is InChI=1S/C11H6F2N2O4S2/c1-4-9(10(16)17)21-11(14-4)20-7-3-5(12)2-6(13)8(7)15(18)19/h2-3H,1H3,(H,16,17). The lowest BCUT2D eigenvalue weighted by Crippen LogP contribution is -1.96. The number of carboxylic acid groups (broad SMARTS) is 1. The Labute approximate surface area is 124 Å². The van der Waals surface area contributed by atoms with Crippen LogP contribution in [0.25, 0.3) is 0 Å². The van der Waals surface area contributed by atoms with Gasteiger partial charge in [-0.2, -0.15) is 4.39 Å². The Bertz CT molecular complexity index is 748. The average Bonchev–Trinajstić information content (AvgIpc) is 2.68. The van der Waals surface area contributed by atoms with Crippen molar-refractivity contribution >= 4 is 34.8 Å². The molecule has 6 nitrogen and oxygen atoms in total. The molecular weight excluding hydrogens is 326 g/mol. The summed E-state index contributed by atoms with van der Waals surface area (Å²) in [6.45, 7) is 1.46. The van der Waals surface area contributed by atoms with Gasteiger partial charge in [0.05, 0.1) is 15.5 Å². The molecule has 2 rings (SSSR count). The second kappa shape index (κ2) is 5.74. The minimum Gasteiger partial charge on any atom is -0.477 e. The molecule has 10 heteroatoms. The largest absolute Gasteiger partial charge is 0.477 e. The quantitative estimate of drug-likeness (QED) is 0.680. The van der Waals surface area contributed by atoms with Crippen LogP contribution in [0.2, 0.25) is 0 Å². The molecule has 0 aliphatic heterocycles. The zero-order chi connectivity index (χ0) is 15.7. The van der Waals surface area contributed by atoms with Crippen molar-refractivity contribution in [3.8, 4) is 0 Å². The number of hydrogen-bond acceptors (Lipinski definition) is 6. The Morgan fingerprint density at radius 1 is 1.48 bits per heavy atom. The first kappa shape index (κ1) is 15.3. The second-order valence-electron chi connectivity index (χ2n) is 3.79. The zero-order valence-corrected chi connectivity index (χ0v) is 11.9. The Morgan fingerprint density at radius 3 is 2.67 bits per heavy atom. The first-order valence-electron chi connectivity index (χ1n) is 5.31. The van der Waals surface area contributed by atoms with Crippen LogP contribution >= 0.6 is 23.1 Å². The van der Waals surface area contributed by atoms with Gasteiger partial charge >= 0.3 is 11.7 Å². The van der Waals surface area contributed by atoms with Crippen LogP contribution in [0.15, 0.2) is 21.4 Å². The maximum absolute atomic E-state index is 13.5. The lowest BCUT2D eigenvalue weighted by molar-refractivity contribution is -0.390. The van der Waals surface area contributed by atoms with Crippen LogP contribution < -0.4 is 0 Å². The molecule has 2 aromatic rings. The number of halogens is 2. The van der Waals surface area contributed by atoms with E-state index in [0.29, 0.717) is 17.8 Å². The molecule has 110 valence electrons. The molecule has 21 heavy (non-hydrogen) atoms. The number of aryl methyl sites for hydroxylation is 1. The van der Waals surface area contributed by atoms with Crippen LogP contribution in [0, 0.1) is 28.7 Å². The highest BCUT2D eigenvalue weighted by Crippen LogP contribution is 2.39. The third kappa shape index (κ3) is 3.16. The van der Waals surface area contributed by atoms with E-state index < -0.39 is 28.2 Å². The van der Waals surface area contributed by atoms with Crippen LogP contribution in [0.3, 0.4) is 0 Å². The predicted octanol–water partition coefficient (Wildman–Crippen LogP) is 3.49. The highest BCUT2D eigenvalue weighted by atomic mass is 32.2. The molecule has 0 aliphatic carbocycles. The van der Waals surface area contributed by atoms with E-state index in [1.54, 1.807) is 0 Å². The van der Waals surface area contributed by atoms with Crippen molar-refractivity contribution in [2.75, 3.05) is 0 Å². The van der Waals surface area contributed by atoms with Crippen molar-refractivity contribution in [1.82, 2.24) is 4.98 Å². The number of aromatic nitrogens is 1. The molecule has 1 aromatic heterocycles. The van der Waals surface area contributed by atoms with Crippen molar-refractivity contribution in [3.63, 3.8) is 0 Å². The maximum Gasteiger partial charge on any atom is 0.347 e. The Balaban J connectivity index is 2.46. The van der Waals surface area contributed by atoms with Crippen molar-refractivity contribution in [2.45, 2.75) is 16.2 Å². The molecule has 1 heterocycles. The Morgan fingerprint density at radius 2 is 2.14 bits per heavy atom. The van der Waals surface area contributed by atoms with Gasteiger partial charge in [-0.15, -0.1) is 11.3 Å². The van der Waals surface area contributed by atoms with Gasteiger partial charge in [0.1, 0.15) is 10.7 Å². The molecule has 0 spiro atoms. The van der Waals surface area contributed by atoms with Gasteiger partial charge in [0, 0.05) is 6.07 Å². The molecule has 0 bridgehead atoms. The number of hydrogen-bond donors (Lipinski definition) is 1. The van der Waals surface area contributed by atoms with Gasteiger partial charge in [-0.1, -0.05) is 11.8 Å². The normalized spacial score (nSPS) is 10.6. The summed E-state index contributed by atoms with van der Waals surface area (Å²) in [6, 6.07) is 1.22. The predicted molar refractivity (Wildman–Crippen MR) is 70.9 cm³/mol. The zero-order valence-electron chi connectivity index (χ0n) is 10.3. The lowest BCUT2D eigenvalue weighted by atomic mass is 10.3. The summed E-state index contributed by atoms with van der Waals surface area (Å²) in [5.41, 5.74) is -0.638. The van der Waals surface area contributed by atoms with Crippen LogP contribution in [0.1, 0.15) is 15.4 Å². The van der Waals surface area contributed by atoms with Gasteiger partial charge in [-0.05, 0) is 13.0 Å². The minimum atomic E-state index is -1.30. The van der Waals surface area contributed by atoms with Gasteiger partial charge in [0.25, 0.3) is 0 Å². The Hall–Kier alpha value is -2.07. The van der Waals surface area contributed by atoms with E-state index in [9.17, 15) is 23.7 Å². The second-order valence-corrected chi connectivity index (χ2v) is 6.08. The van der Waals surface area contributed by atoms with Crippen molar-refractivity contribution in [1.29, 1.82) is 0 Å². The first-order chi connectivity index (χ1) is 9.79. The number of nitro groups is 1. The summed E-state index contributed by atoms with van der Waals surface area (Å²) in [7, 11) is 0. The van der Waals surface area contributed by atoms with Crippen LogP contribution in [0.5, 0.6) is 0 Å². The molecule has 0 atom stereocenters. The molecular formula is C11H6F2N2O4S2. The molecule has 0 saturated heterocycles. The number of nitro benzene ring substituents is 1. The highest BCUT2D eigenvalue weighted by Gasteiger charge is 2.24. The summed E-state index contributed by atoms with van der Waals surface area (Å²) in [6.07, 6.45) is 0. The Kier molecular flexibility index (Phi) is 4.19. The van der Waals surface area contributed by atoms with Crippen LogP contribution in [-0.4, -0.2) is 21.0 Å². The van der Waals surface area contributed by atoms with Crippen molar-refractivity contribution < 1.29 is 23.6 Å². The highest BCUT2D eigenvalue weighted by molar-refractivity contribution is 8.01. The summed E-state index contributed by atoms with van der Waals surface area (Å²) in [5.74, 6) is -3.45. The summed E-state index contributed by atoms with van der Waals surface area (Å²) < 4.78 is 26.8. The fraction of sp³-hybridized carbons (Fsp3) is 0.0909. The van der Waals surface area contributed by atoms with Crippen LogP contribution in [0.4, 0.5) is 14.5 Å². The SMILES string of the molecule is Cc1nc(Sc2cc(F)cc(F)c2[N+](=O)[O-])sc1C(=O)O. The van der Waals surface area contributed by atoms with E-state index in [1.165, 1.54) is 6.92 Å². The number of nitrogens with zero attached hydrogens (tertiary/aromatic N) is 2. The molecule has 0 saturated carbocycles. The van der Waals surface area contributed by atoms with E-state index in [-0.39, 0.29) is 19.8 Å². The van der Waals surface area contributed by atoms with E-state index in [1.807, 2.05) is 0 Å². The topological polar surface area (TPSA) is 93.3 Å². The van der Waals surface area contributed by atoms with Gasteiger partial charge < -0.3 is 5.11 Å². The molecule has 0 unspecified atom stereocenters. The summed E-state index contributed by atoms with van der Waals surface area (Å²) >= 11 is 1.43. The third-order valence-electron chi connectivity index (χ3n) is 2.34. The number of thiazole rings is 1. The molecule has 1 N–H and O–H groups in total. The number of carboxylic acids is 1. The molecule has 1 aromatic carbocycles. The van der Waals surface area contributed by atoms with E-state index in [2.05, 4.69) is 4.98 Å². The number of aromatic carboxylic acids is 1. The third-order valence-corrected chi connectivity index (χ3v) is 4.58. The monoisotopic (exact) mass is 332 g/mol. The van der Waals surface area contributed by atoms with Crippen molar-refractivity contribution in [2.24, 2.45) is 0 Å². The fourth-order valence-corrected chi connectivity index (χ4v) is 3.64. The molecule has 0 amide bonds. The first-order valence-corrected chi connectivity index (χ1v) is 6.95. The van der Waals surface area contributed by atoms with Gasteiger partial charge in [0.2, 0.25) is 5.82 Å². The van der Waals surface area contributed by atoms with Crippen LogP contribution in [-0.2, 0) is 0 Å². The van der Waals surface area contributed by atoms with Gasteiger partial charge in [-0.3, -0.25) is 10.1 Å². The minimum absolute atomic E-state index is 0.0305. The van der Waals surface area contributed by atoms with E-state index in [4.69, 9.17) is 5.11 Å². The summed E-state index contributed by atoms with van der Waals surface area (Å²) in [5, 5.41) is 19.8. The number of carbonyl (C=O) groups is 1. The molecule has 0 aliphatic rings. The smallest absolute Gasteiger partial charge is 0.347 e. The van der Waals surface area contributed by atoms with E-state index >= 15 is 0 Å². The lowest BCUT2D eigenvalue weighted by Gasteiger charge is -2.01. The van der Waals surface area contributed by atoms with Crippen molar-refractivity contribution in [3.05, 3.63) is 44.5 Å². The number of benzene rings is 1. The fourth-order valence-electron chi connectivity index (χ4n) is 1.51. The van der Waals surface area contributed by atoms with Gasteiger partial charge in [0.15, 0.2) is 4.34 Å². The maximum atomic E-state index is 13.5. The van der Waals surface area contributed by atoms with Gasteiger partial charge in [-0.25, -0.2) is 14.2 Å². The van der Waals surface area contributed by atoms with E-state index in [0.717, 1.165) is 17.4 Å². The molecule has 0 radical (unpaired) electrons. The summed E-state index contributed by atoms with van der Waals surface area (Å²) in [4.78, 5) is 24.4. The number of rotatable bonds is 4. The molecule has 0 fully saturated rings. The average molecular weight is 332 g/mol.